The van der Waals surface area contributed by atoms with Crippen LogP contribution in [0.15, 0.2) is 54.7 Å². The second kappa shape index (κ2) is 7.20. The first-order valence-corrected chi connectivity index (χ1v) is 9.54. The van der Waals surface area contributed by atoms with E-state index in [1.165, 1.54) is 0 Å². The van der Waals surface area contributed by atoms with E-state index < -0.39 is 10.0 Å². The van der Waals surface area contributed by atoms with Crippen molar-refractivity contribution in [3.8, 4) is 5.69 Å². The number of carbonyl (C=O) groups is 1. The summed E-state index contributed by atoms with van der Waals surface area (Å²) in [6.45, 7) is 4.75. The van der Waals surface area contributed by atoms with Crippen LogP contribution >= 0.6 is 0 Å². The number of rotatable bonds is 6. The predicted octanol–water partition coefficient (Wildman–Crippen LogP) is 1.40. The number of benzene rings is 1. The molecule has 0 bridgehead atoms. The summed E-state index contributed by atoms with van der Waals surface area (Å²) in [5.74, 6) is 0.0723. The lowest BCUT2D eigenvalue weighted by molar-refractivity contribution is 0.0787. The first-order chi connectivity index (χ1) is 12.0. The first kappa shape index (κ1) is 17.4. The molecule has 2 aromatic rings. The zero-order chi connectivity index (χ0) is 17.9. The fraction of sp³-hybridized carbons (Fsp3) is 0.294. The van der Waals surface area contributed by atoms with E-state index in [4.69, 9.17) is 0 Å². The van der Waals surface area contributed by atoms with Crippen molar-refractivity contribution in [3.63, 3.8) is 0 Å². The molecule has 0 saturated carbocycles. The minimum absolute atomic E-state index is 0.0407. The molecule has 1 amide bonds. The molecular weight excluding hydrogens is 340 g/mol. The molecule has 25 heavy (non-hydrogen) atoms. The number of sulfonamides is 1. The van der Waals surface area contributed by atoms with Gasteiger partial charge in [0.05, 0.1) is 5.69 Å². The molecule has 7 nitrogen and oxygen atoms in total. The number of hydrogen-bond donors (Lipinski definition) is 1. The lowest BCUT2D eigenvalue weighted by Gasteiger charge is -2.17. The maximum Gasteiger partial charge on any atom is 0.253 e. The normalized spacial score (nSPS) is 17.6. The van der Waals surface area contributed by atoms with Crippen LogP contribution in [-0.4, -0.2) is 48.6 Å². The lowest BCUT2D eigenvalue weighted by atomic mass is 10.1. The van der Waals surface area contributed by atoms with Crippen LogP contribution in [-0.2, 0) is 10.0 Å². The Bertz CT molecular complexity index is 845. The standard InChI is InChI=1S/C17H20N4O3S/c1-2-25(23,24)19-12-14-8-11-20(13-14)17(22)15-4-6-16(7-5-15)21-10-3-9-18-21/h2-7,9-10,14,19H,1,8,11-13H2. The van der Waals surface area contributed by atoms with Crippen LogP contribution in [0.3, 0.4) is 0 Å². The van der Waals surface area contributed by atoms with Crippen molar-refractivity contribution in [3.05, 3.63) is 60.3 Å². The Morgan fingerprint density at radius 1 is 1.36 bits per heavy atom. The van der Waals surface area contributed by atoms with Gasteiger partial charge < -0.3 is 4.90 Å². The minimum Gasteiger partial charge on any atom is -0.338 e. The van der Waals surface area contributed by atoms with Gasteiger partial charge in [0.15, 0.2) is 0 Å². The zero-order valence-electron chi connectivity index (χ0n) is 13.7. The summed E-state index contributed by atoms with van der Waals surface area (Å²) in [5.41, 5.74) is 1.50. The smallest absolute Gasteiger partial charge is 0.253 e. The second-order valence-electron chi connectivity index (χ2n) is 5.96. The average Bonchev–Trinajstić information content (AvgIpc) is 3.31. The summed E-state index contributed by atoms with van der Waals surface area (Å²) in [4.78, 5) is 14.4. The SMILES string of the molecule is C=CS(=O)(=O)NCC1CCN(C(=O)c2ccc(-n3cccn3)cc2)C1. The van der Waals surface area contributed by atoms with E-state index in [0.717, 1.165) is 17.5 Å². The van der Waals surface area contributed by atoms with Gasteiger partial charge in [0.1, 0.15) is 0 Å². The van der Waals surface area contributed by atoms with Crippen molar-refractivity contribution < 1.29 is 13.2 Å². The van der Waals surface area contributed by atoms with Gasteiger partial charge in [-0.15, -0.1) is 0 Å². The molecule has 1 aliphatic rings. The third-order valence-corrected chi connectivity index (χ3v) is 5.26. The number of carbonyl (C=O) groups excluding carboxylic acids is 1. The van der Waals surface area contributed by atoms with E-state index in [9.17, 15) is 13.2 Å². The van der Waals surface area contributed by atoms with E-state index in [2.05, 4.69) is 16.4 Å². The van der Waals surface area contributed by atoms with E-state index >= 15 is 0 Å². The Morgan fingerprint density at radius 3 is 2.76 bits per heavy atom. The van der Waals surface area contributed by atoms with Gasteiger partial charge in [-0.05, 0) is 42.7 Å². The Hall–Kier alpha value is -2.45. The molecule has 8 heteroatoms. The third kappa shape index (κ3) is 4.15. The second-order valence-corrected chi connectivity index (χ2v) is 7.68. The van der Waals surface area contributed by atoms with Crippen LogP contribution in [0.1, 0.15) is 16.8 Å². The molecule has 0 aliphatic carbocycles. The number of amides is 1. The van der Waals surface area contributed by atoms with Gasteiger partial charge in [-0.3, -0.25) is 4.79 Å². The van der Waals surface area contributed by atoms with Gasteiger partial charge in [0.25, 0.3) is 5.91 Å². The maximum atomic E-state index is 12.6. The molecule has 1 N–H and O–H groups in total. The monoisotopic (exact) mass is 360 g/mol. The third-order valence-electron chi connectivity index (χ3n) is 4.25. The number of likely N-dealkylation sites (tertiary alicyclic amines) is 1. The van der Waals surface area contributed by atoms with Gasteiger partial charge in [-0.25, -0.2) is 17.8 Å². The van der Waals surface area contributed by atoms with E-state index in [1.54, 1.807) is 27.9 Å². The topological polar surface area (TPSA) is 84.3 Å². The number of aromatic nitrogens is 2. The highest BCUT2D eigenvalue weighted by Gasteiger charge is 2.27. The number of nitrogens with one attached hydrogen (secondary N) is 1. The van der Waals surface area contributed by atoms with Gasteiger partial charge in [-0.2, -0.15) is 5.10 Å². The van der Waals surface area contributed by atoms with Crippen LogP contribution < -0.4 is 4.72 Å². The summed E-state index contributed by atoms with van der Waals surface area (Å²) in [6, 6.07) is 9.11. The van der Waals surface area contributed by atoms with Crippen molar-refractivity contribution in [2.75, 3.05) is 19.6 Å². The first-order valence-electron chi connectivity index (χ1n) is 8.00. The Balaban J connectivity index is 1.59. The maximum absolute atomic E-state index is 12.6. The molecule has 0 radical (unpaired) electrons. The van der Waals surface area contributed by atoms with Crippen molar-refractivity contribution in [2.24, 2.45) is 5.92 Å². The van der Waals surface area contributed by atoms with Crippen LogP contribution in [0.5, 0.6) is 0 Å². The van der Waals surface area contributed by atoms with Gasteiger partial charge >= 0.3 is 0 Å². The summed E-state index contributed by atoms with van der Waals surface area (Å²) in [6.07, 6.45) is 4.31. The molecule has 1 aliphatic heterocycles. The van der Waals surface area contributed by atoms with Crippen molar-refractivity contribution in [1.82, 2.24) is 19.4 Å². The molecule has 2 heterocycles. The van der Waals surface area contributed by atoms with Crippen molar-refractivity contribution in [1.29, 1.82) is 0 Å². The van der Waals surface area contributed by atoms with Gasteiger partial charge in [0.2, 0.25) is 10.0 Å². The van der Waals surface area contributed by atoms with E-state index in [1.807, 2.05) is 24.4 Å². The summed E-state index contributed by atoms with van der Waals surface area (Å²) >= 11 is 0. The fourth-order valence-corrected chi connectivity index (χ4v) is 3.42. The largest absolute Gasteiger partial charge is 0.338 e. The molecule has 1 unspecified atom stereocenters. The Labute approximate surface area is 147 Å². The highest BCUT2D eigenvalue weighted by Crippen LogP contribution is 2.19. The summed E-state index contributed by atoms with van der Waals surface area (Å²) in [7, 11) is -3.42. The average molecular weight is 360 g/mol. The fourth-order valence-electron chi connectivity index (χ4n) is 2.84. The zero-order valence-corrected chi connectivity index (χ0v) is 14.5. The number of nitrogens with zero attached hydrogens (tertiary/aromatic N) is 3. The molecule has 132 valence electrons. The highest BCUT2D eigenvalue weighted by molar-refractivity contribution is 7.92. The molecule has 1 atom stereocenters. The highest BCUT2D eigenvalue weighted by atomic mass is 32.2. The van der Waals surface area contributed by atoms with Crippen LogP contribution in [0.4, 0.5) is 0 Å². The molecule has 1 aromatic carbocycles. The summed E-state index contributed by atoms with van der Waals surface area (Å²) in [5, 5.41) is 5.05. The molecule has 3 rings (SSSR count). The number of hydrogen-bond acceptors (Lipinski definition) is 4. The van der Waals surface area contributed by atoms with Gasteiger partial charge in [-0.1, -0.05) is 6.58 Å². The quantitative estimate of drug-likeness (QED) is 0.844. The van der Waals surface area contributed by atoms with E-state index in [0.29, 0.717) is 25.2 Å². The summed E-state index contributed by atoms with van der Waals surface area (Å²) < 4.78 is 27.0. The molecular formula is C17H20N4O3S. The molecule has 1 saturated heterocycles. The van der Waals surface area contributed by atoms with E-state index in [-0.39, 0.29) is 11.8 Å². The Kier molecular flexibility index (Phi) is 5.00. The van der Waals surface area contributed by atoms with Crippen molar-refractivity contribution in [2.45, 2.75) is 6.42 Å². The predicted molar refractivity (Wildman–Crippen MR) is 94.7 cm³/mol. The Morgan fingerprint density at radius 2 is 2.12 bits per heavy atom. The van der Waals surface area contributed by atoms with Crippen LogP contribution in [0.25, 0.3) is 5.69 Å². The van der Waals surface area contributed by atoms with Crippen LogP contribution in [0, 0.1) is 5.92 Å². The molecule has 1 fully saturated rings. The van der Waals surface area contributed by atoms with Gasteiger partial charge in [0, 0.05) is 43.0 Å². The van der Waals surface area contributed by atoms with Crippen molar-refractivity contribution >= 4 is 15.9 Å². The minimum atomic E-state index is -3.42. The molecule has 1 aromatic heterocycles. The van der Waals surface area contributed by atoms with Crippen LogP contribution in [0.2, 0.25) is 0 Å². The molecule has 0 spiro atoms. The lowest BCUT2D eigenvalue weighted by Crippen LogP contribution is -2.32.